The molecule has 98 valence electrons. The molecule has 1 aliphatic rings. The first kappa shape index (κ1) is 11.6. The third kappa shape index (κ3) is 1.64. The smallest absolute Gasteiger partial charge is 0.294 e. The summed E-state index contributed by atoms with van der Waals surface area (Å²) in [6, 6.07) is 3.56. The molecule has 3 rings (SSSR count). The van der Waals surface area contributed by atoms with Crippen LogP contribution in [-0.2, 0) is 4.79 Å². The summed E-state index contributed by atoms with van der Waals surface area (Å²) in [5.74, 6) is -0.0512. The lowest BCUT2D eigenvalue weighted by Crippen LogP contribution is -2.29. The topological polar surface area (TPSA) is 71.6 Å². The normalized spacial score (nSPS) is 12.7. The fraction of sp³-hybridized carbons (Fsp3) is 0.231. The molecule has 19 heavy (non-hydrogen) atoms. The van der Waals surface area contributed by atoms with Crippen molar-refractivity contribution in [2.24, 2.45) is 0 Å². The minimum atomic E-state index is -0.572. The van der Waals surface area contributed by atoms with Crippen LogP contribution in [0.25, 0.3) is 10.9 Å². The van der Waals surface area contributed by atoms with Crippen molar-refractivity contribution in [3.63, 3.8) is 0 Å². The van der Waals surface area contributed by atoms with Gasteiger partial charge in [-0.3, -0.25) is 9.59 Å². The number of likely N-dealkylation sites (N-methyl/N-ethyl adjacent to an activating group) is 1. The number of carbonyl (C=O) groups is 2. The van der Waals surface area contributed by atoms with Crippen molar-refractivity contribution < 1.29 is 19.1 Å². The lowest BCUT2D eigenvalue weighted by Gasteiger charge is -2.08. The van der Waals surface area contributed by atoms with Gasteiger partial charge in [0.25, 0.3) is 11.7 Å². The van der Waals surface area contributed by atoms with Gasteiger partial charge in [0, 0.05) is 20.3 Å². The number of carbonyl (C=O) groups excluding carboxylic acids is 2. The zero-order chi connectivity index (χ0) is 13.6. The summed E-state index contributed by atoms with van der Waals surface area (Å²) in [7, 11) is 3.08. The molecule has 0 bridgehead atoms. The van der Waals surface area contributed by atoms with E-state index in [2.05, 4.69) is 4.98 Å². The maximum atomic E-state index is 12.2. The highest BCUT2D eigenvalue weighted by atomic mass is 16.7. The fourth-order valence-electron chi connectivity index (χ4n) is 2.08. The summed E-state index contributed by atoms with van der Waals surface area (Å²) < 4.78 is 10.7. The van der Waals surface area contributed by atoms with E-state index >= 15 is 0 Å². The van der Waals surface area contributed by atoms with E-state index in [1.165, 1.54) is 11.1 Å². The summed E-state index contributed by atoms with van der Waals surface area (Å²) in [4.78, 5) is 28.1. The highest BCUT2D eigenvalue weighted by molar-refractivity contribution is 6.45. The van der Waals surface area contributed by atoms with Crippen LogP contribution < -0.4 is 9.47 Å². The molecular formula is C13H12N2O4. The molecule has 1 aromatic carbocycles. The van der Waals surface area contributed by atoms with Crippen LogP contribution in [0.4, 0.5) is 0 Å². The third-order valence-electron chi connectivity index (χ3n) is 3.03. The highest BCUT2D eigenvalue weighted by Crippen LogP contribution is 2.40. The largest absolute Gasteiger partial charge is 0.454 e. The predicted octanol–water partition coefficient (Wildman–Crippen LogP) is 1.17. The van der Waals surface area contributed by atoms with Crippen molar-refractivity contribution in [1.29, 1.82) is 0 Å². The van der Waals surface area contributed by atoms with Gasteiger partial charge in [-0.15, -0.1) is 0 Å². The van der Waals surface area contributed by atoms with E-state index in [0.717, 1.165) is 5.52 Å². The number of benzene rings is 1. The summed E-state index contributed by atoms with van der Waals surface area (Å²) in [6.07, 6.45) is 1.52. The van der Waals surface area contributed by atoms with Gasteiger partial charge in [0.15, 0.2) is 11.5 Å². The highest BCUT2D eigenvalue weighted by Gasteiger charge is 2.26. The SMILES string of the molecule is CN(C)C(=O)C(=O)c1c[nH]c2ccc3c(c12)OCO3. The second kappa shape index (κ2) is 4.01. The van der Waals surface area contributed by atoms with E-state index in [0.29, 0.717) is 22.4 Å². The van der Waals surface area contributed by atoms with E-state index in [4.69, 9.17) is 9.47 Å². The maximum absolute atomic E-state index is 12.2. The Hall–Kier alpha value is -2.50. The lowest BCUT2D eigenvalue weighted by molar-refractivity contribution is -0.124. The second-order valence-corrected chi connectivity index (χ2v) is 4.45. The van der Waals surface area contributed by atoms with Crippen LogP contribution in [0.2, 0.25) is 0 Å². The van der Waals surface area contributed by atoms with Gasteiger partial charge in [-0.1, -0.05) is 0 Å². The molecule has 0 unspecified atom stereocenters. The van der Waals surface area contributed by atoms with Crippen molar-refractivity contribution in [3.8, 4) is 11.5 Å². The number of nitrogens with zero attached hydrogens (tertiary/aromatic N) is 1. The molecule has 1 N–H and O–H groups in total. The molecule has 6 nitrogen and oxygen atoms in total. The van der Waals surface area contributed by atoms with Crippen molar-refractivity contribution in [2.75, 3.05) is 20.9 Å². The van der Waals surface area contributed by atoms with Gasteiger partial charge in [0.2, 0.25) is 6.79 Å². The number of aromatic nitrogens is 1. The molecule has 0 atom stereocenters. The predicted molar refractivity (Wildman–Crippen MR) is 67.4 cm³/mol. The van der Waals surface area contributed by atoms with Crippen molar-refractivity contribution in [3.05, 3.63) is 23.9 Å². The molecule has 6 heteroatoms. The Kier molecular flexibility index (Phi) is 2.45. The number of amides is 1. The van der Waals surface area contributed by atoms with E-state index in [1.807, 2.05) is 0 Å². The summed E-state index contributed by atoms with van der Waals surface area (Å²) in [6.45, 7) is 0.120. The number of hydrogen-bond donors (Lipinski definition) is 1. The first-order valence-corrected chi connectivity index (χ1v) is 5.75. The number of fused-ring (bicyclic) bond motifs is 3. The monoisotopic (exact) mass is 260 g/mol. The number of H-pyrrole nitrogens is 1. The first-order valence-electron chi connectivity index (χ1n) is 5.75. The number of ketones is 1. The van der Waals surface area contributed by atoms with E-state index in [-0.39, 0.29) is 6.79 Å². The molecule has 0 aliphatic carbocycles. The Morgan fingerprint density at radius 1 is 1.26 bits per heavy atom. The Bertz CT molecular complexity index is 687. The fourth-order valence-corrected chi connectivity index (χ4v) is 2.08. The van der Waals surface area contributed by atoms with Crippen LogP contribution in [0.5, 0.6) is 11.5 Å². The zero-order valence-electron chi connectivity index (χ0n) is 10.5. The number of aromatic amines is 1. The van der Waals surface area contributed by atoms with Crippen LogP contribution in [0.1, 0.15) is 10.4 Å². The standard InChI is InChI=1S/C13H12N2O4/c1-15(2)13(17)11(16)7-5-14-8-3-4-9-12(10(7)8)19-6-18-9/h3-5,14H,6H2,1-2H3. The maximum Gasteiger partial charge on any atom is 0.294 e. The summed E-state index contributed by atoms with van der Waals surface area (Å²) in [5, 5.41) is 0.593. The van der Waals surface area contributed by atoms with Crippen LogP contribution >= 0.6 is 0 Å². The molecule has 2 heterocycles. The van der Waals surface area contributed by atoms with Gasteiger partial charge in [-0.2, -0.15) is 0 Å². The van der Waals surface area contributed by atoms with Gasteiger partial charge in [0.05, 0.1) is 16.5 Å². The van der Waals surface area contributed by atoms with Crippen molar-refractivity contribution in [2.45, 2.75) is 0 Å². The number of Topliss-reactive ketones (excluding diaryl/α,β-unsaturated/α-hetero) is 1. The van der Waals surface area contributed by atoms with Crippen LogP contribution in [0, 0.1) is 0 Å². The van der Waals surface area contributed by atoms with Gasteiger partial charge in [0.1, 0.15) is 0 Å². The number of nitrogens with one attached hydrogen (secondary N) is 1. The third-order valence-corrected chi connectivity index (χ3v) is 3.03. The Morgan fingerprint density at radius 3 is 2.79 bits per heavy atom. The Morgan fingerprint density at radius 2 is 2.05 bits per heavy atom. The summed E-state index contributed by atoms with van der Waals surface area (Å²) >= 11 is 0. The average molecular weight is 260 g/mol. The van der Waals surface area contributed by atoms with E-state index < -0.39 is 11.7 Å². The van der Waals surface area contributed by atoms with Gasteiger partial charge >= 0.3 is 0 Å². The molecular weight excluding hydrogens is 248 g/mol. The minimum Gasteiger partial charge on any atom is -0.454 e. The van der Waals surface area contributed by atoms with E-state index in [1.54, 1.807) is 26.2 Å². The Balaban J connectivity index is 2.18. The molecule has 1 aliphatic heterocycles. The molecule has 0 saturated carbocycles. The lowest BCUT2D eigenvalue weighted by atomic mass is 10.1. The van der Waals surface area contributed by atoms with Crippen LogP contribution in [-0.4, -0.2) is 42.5 Å². The van der Waals surface area contributed by atoms with Gasteiger partial charge in [-0.25, -0.2) is 0 Å². The number of ether oxygens (including phenoxy) is 2. The molecule has 1 amide bonds. The van der Waals surface area contributed by atoms with Crippen molar-refractivity contribution >= 4 is 22.6 Å². The molecule has 2 aromatic rings. The second-order valence-electron chi connectivity index (χ2n) is 4.45. The van der Waals surface area contributed by atoms with Crippen LogP contribution in [0.15, 0.2) is 18.3 Å². The molecule has 0 fully saturated rings. The average Bonchev–Trinajstić information content (AvgIpc) is 3.01. The summed E-state index contributed by atoms with van der Waals surface area (Å²) in [5.41, 5.74) is 1.04. The minimum absolute atomic E-state index is 0.120. The Labute approximate surface area is 108 Å². The quantitative estimate of drug-likeness (QED) is 0.650. The van der Waals surface area contributed by atoms with Crippen LogP contribution in [0.3, 0.4) is 0 Å². The zero-order valence-corrected chi connectivity index (χ0v) is 10.5. The van der Waals surface area contributed by atoms with E-state index in [9.17, 15) is 9.59 Å². The van der Waals surface area contributed by atoms with Gasteiger partial charge in [-0.05, 0) is 12.1 Å². The molecule has 0 radical (unpaired) electrons. The van der Waals surface area contributed by atoms with Crippen molar-refractivity contribution in [1.82, 2.24) is 9.88 Å². The molecule has 1 aromatic heterocycles. The number of rotatable bonds is 2. The number of hydrogen-bond acceptors (Lipinski definition) is 4. The van der Waals surface area contributed by atoms with Gasteiger partial charge < -0.3 is 19.4 Å². The molecule has 0 spiro atoms. The first-order chi connectivity index (χ1) is 9.09. The molecule has 0 saturated heterocycles.